The van der Waals surface area contributed by atoms with Crippen LogP contribution in [0.25, 0.3) is 0 Å². The predicted molar refractivity (Wildman–Crippen MR) is 74.0 cm³/mol. The number of furan rings is 1. The molecule has 6 heteroatoms. The zero-order valence-electron chi connectivity index (χ0n) is 12.3. The van der Waals surface area contributed by atoms with Gasteiger partial charge in [0.1, 0.15) is 11.5 Å². The number of hydrogen-bond donors (Lipinski definition) is 1. The van der Waals surface area contributed by atoms with Crippen LogP contribution in [0.15, 0.2) is 16.5 Å². The van der Waals surface area contributed by atoms with Gasteiger partial charge in [-0.3, -0.25) is 9.59 Å². The van der Waals surface area contributed by atoms with Crippen LogP contribution in [0.1, 0.15) is 24.9 Å². The van der Waals surface area contributed by atoms with Gasteiger partial charge in [-0.2, -0.15) is 0 Å². The number of carbonyl (C=O) groups excluding carboxylic acids is 2. The minimum absolute atomic E-state index is 0.0529. The maximum atomic E-state index is 11.8. The third-order valence-corrected chi connectivity index (χ3v) is 2.70. The summed E-state index contributed by atoms with van der Waals surface area (Å²) in [5, 5.41) is 2.92. The lowest BCUT2D eigenvalue weighted by atomic mass is 10.4. The minimum atomic E-state index is -0.258. The van der Waals surface area contributed by atoms with E-state index in [1.165, 1.54) is 0 Å². The molecular formula is C14H22N2O4. The van der Waals surface area contributed by atoms with Crippen molar-refractivity contribution in [1.82, 2.24) is 10.2 Å². The van der Waals surface area contributed by atoms with Crippen LogP contribution in [0.2, 0.25) is 0 Å². The van der Waals surface area contributed by atoms with Crippen LogP contribution < -0.4 is 5.32 Å². The lowest BCUT2D eigenvalue weighted by molar-refractivity contribution is -0.143. The van der Waals surface area contributed by atoms with E-state index in [-0.39, 0.29) is 24.8 Å². The molecule has 0 spiro atoms. The van der Waals surface area contributed by atoms with Gasteiger partial charge in [0.15, 0.2) is 0 Å². The highest BCUT2D eigenvalue weighted by atomic mass is 16.5. The third kappa shape index (κ3) is 5.88. The molecule has 0 radical (unpaired) electrons. The Morgan fingerprint density at radius 2 is 2.15 bits per heavy atom. The normalized spacial score (nSPS) is 10.3. The van der Waals surface area contributed by atoms with E-state index in [0.29, 0.717) is 19.7 Å². The summed E-state index contributed by atoms with van der Waals surface area (Å²) in [5.41, 5.74) is 0. The van der Waals surface area contributed by atoms with Crippen molar-refractivity contribution in [1.29, 1.82) is 0 Å². The van der Waals surface area contributed by atoms with Crippen molar-refractivity contribution in [2.24, 2.45) is 0 Å². The summed E-state index contributed by atoms with van der Waals surface area (Å²) in [5.74, 6) is 1.27. The Labute approximate surface area is 119 Å². The first-order chi connectivity index (χ1) is 9.52. The van der Waals surface area contributed by atoms with Crippen molar-refractivity contribution >= 4 is 11.9 Å². The fraction of sp³-hybridized carbons (Fsp3) is 0.571. The zero-order chi connectivity index (χ0) is 15.0. The van der Waals surface area contributed by atoms with Crippen LogP contribution >= 0.6 is 0 Å². The van der Waals surface area contributed by atoms with Crippen molar-refractivity contribution in [3.05, 3.63) is 23.7 Å². The molecule has 6 nitrogen and oxygen atoms in total. The number of nitrogens with zero attached hydrogens (tertiary/aromatic N) is 1. The first-order valence-corrected chi connectivity index (χ1v) is 6.68. The zero-order valence-corrected chi connectivity index (χ0v) is 12.3. The number of likely N-dealkylation sites (N-methyl/N-ethyl adjacent to an activating group) is 1. The van der Waals surface area contributed by atoms with Gasteiger partial charge < -0.3 is 19.4 Å². The molecule has 1 rings (SSSR count). The molecule has 0 aliphatic carbocycles. The molecule has 0 saturated carbocycles. The molecular weight excluding hydrogens is 260 g/mol. The van der Waals surface area contributed by atoms with Crippen molar-refractivity contribution in [3.63, 3.8) is 0 Å². The summed E-state index contributed by atoms with van der Waals surface area (Å²) in [6.45, 7) is 5.06. The fourth-order valence-electron chi connectivity index (χ4n) is 1.65. The maximum absolute atomic E-state index is 11.8. The minimum Gasteiger partial charge on any atom is -0.466 e. The number of ether oxygens (including phenoxy) is 1. The van der Waals surface area contributed by atoms with Gasteiger partial charge in [-0.1, -0.05) is 0 Å². The molecule has 112 valence electrons. The average Bonchev–Trinajstić information content (AvgIpc) is 2.80. The Morgan fingerprint density at radius 3 is 2.75 bits per heavy atom. The second-order valence-corrected chi connectivity index (χ2v) is 4.49. The molecule has 20 heavy (non-hydrogen) atoms. The Kier molecular flexibility index (Phi) is 6.79. The largest absolute Gasteiger partial charge is 0.466 e. The van der Waals surface area contributed by atoms with Gasteiger partial charge in [0.2, 0.25) is 5.91 Å². The maximum Gasteiger partial charge on any atom is 0.307 e. The number of nitrogens with one attached hydrogen (secondary N) is 1. The van der Waals surface area contributed by atoms with E-state index < -0.39 is 0 Å². The number of esters is 1. The molecule has 0 atom stereocenters. The highest BCUT2D eigenvalue weighted by Crippen LogP contribution is 2.08. The Bertz CT molecular complexity index is 442. The van der Waals surface area contributed by atoms with E-state index in [4.69, 9.17) is 9.15 Å². The predicted octanol–water partition coefficient (Wildman–Crippen LogP) is 1.09. The molecule has 0 aliphatic rings. The number of aryl methyl sites for hydroxylation is 1. The Balaban J connectivity index is 2.20. The van der Waals surface area contributed by atoms with Crippen molar-refractivity contribution < 1.29 is 18.7 Å². The van der Waals surface area contributed by atoms with Gasteiger partial charge in [-0.15, -0.1) is 0 Å². The summed E-state index contributed by atoms with van der Waals surface area (Å²) in [6, 6.07) is 3.72. The molecule has 1 heterocycles. The fourth-order valence-corrected chi connectivity index (χ4v) is 1.65. The van der Waals surface area contributed by atoms with Crippen LogP contribution in [0.5, 0.6) is 0 Å². The standard InChI is InChI=1S/C14H22N2O4/c1-4-19-14(18)7-8-15-9-13(17)16(3)10-12-6-5-11(2)20-12/h5-6,15H,4,7-10H2,1-3H3. The summed E-state index contributed by atoms with van der Waals surface area (Å²) in [7, 11) is 1.72. The van der Waals surface area contributed by atoms with Crippen LogP contribution in [-0.4, -0.2) is 43.5 Å². The molecule has 1 amide bonds. The Hall–Kier alpha value is -1.82. The lowest BCUT2D eigenvalue weighted by Crippen LogP contribution is -2.35. The van der Waals surface area contributed by atoms with E-state index >= 15 is 0 Å². The number of hydrogen-bond acceptors (Lipinski definition) is 5. The van der Waals surface area contributed by atoms with E-state index in [9.17, 15) is 9.59 Å². The van der Waals surface area contributed by atoms with Crippen LogP contribution in [0, 0.1) is 6.92 Å². The molecule has 1 N–H and O–H groups in total. The second kappa shape index (κ2) is 8.37. The molecule has 1 aromatic rings. The van der Waals surface area contributed by atoms with E-state index in [0.717, 1.165) is 11.5 Å². The molecule has 0 fully saturated rings. The van der Waals surface area contributed by atoms with Crippen molar-refractivity contribution in [2.45, 2.75) is 26.8 Å². The highest BCUT2D eigenvalue weighted by molar-refractivity contribution is 5.78. The summed E-state index contributed by atoms with van der Waals surface area (Å²) < 4.78 is 10.2. The van der Waals surface area contributed by atoms with Gasteiger partial charge >= 0.3 is 5.97 Å². The first kappa shape index (κ1) is 16.2. The lowest BCUT2D eigenvalue weighted by Gasteiger charge is -2.16. The molecule has 0 aliphatic heterocycles. The molecule has 0 unspecified atom stereocenters. The van der Waals surface area contributed by atoms with Gasteiger partial charge in [0.05, 0.1) is 26.1 Å². The van der Waals surface area contributed by atoms with Gasteiger partial charge in [0.25, 0.3) is 0 Å². The number of amides is 1. The van der Waals surface area contributed by atoms with Crippen LogP contribution in [0.3, 0.4) is 0 Å². The monoisotopic (exact) mass is 282 g/mol. The van der Waals surface area contributed by atoms with Gasteiger partial charge in [-0.25, -0.2) is 0 Å². The van der Waals surface area contributed by atoms with Crippen molar-refractivity contribution in [2.75, 3.05) is 26.7 Å². The highest BCUT2D eigenvalue weighted by Gasteiger charge is 2.11. The number of rotatable bonds is 8. The van der Waals surface area contributed by atoms with E-state index in [2.05, 4.69) is 5.32 Å². The van der Waals surface area contributed by atoms with Gasteiger partial charge in [-0.05, 0) is 26.0 Å². The van der Waals surface area contributed by atoms with Gasteiger partial charge in [0, 0.05) is 13.6 Å². The van der Waals surface area contributed by atoms with E-state index in [1.54, 1.807) is 18.9 Å². The third-order valence-electron chi connectivity index (χ3n) is 2.70. The summed E-state index contributed by atoms with van der Waals surface area (Å²) >= 11 is 0. The SMILES string of the molecule is CCOC(=O)CCNCC(=O)N(C)Cc1ccc(C)o1. The van der Waals surface area contributed by atoms with E-state index in [1.807, 2.05) is 19.1 Å². The quantitative estimate of drug-likeness (QED) is 0.571. The van der Waals surface area contributed by atoms with Crippen LogP contribution in [-0.2, 0) is 20.9 Å². The first-order valence-electron chi connectivity index (χ1n) is 6.68. The average molecular weight is 282 g/mol. The van der Waals surface area contributed by atoms with Crippen LogP contribution in [0.4, 0.5) is 0 Å². The molecule has 0 aromatic carbocycles. The Morgan fingerprint density at radius 1 is 1.40 bits per heavy atom. The molecule has 1 aromatic heterocycles. The molecule has 0 saturated heterocycles. The summed E-state index contributed by atoms with van der Waals surface area (Å²) in [4.78, 5) is 24.5. The molecule has 0 bridgehead atoms. The number of carbonyl (C=O) groups is 2. The van der Waals surface area contributed by atoms with Crippen molar-refractivity contribution in [3.8, 4) is 0 Å². The smallest absolute Gasteiger partial charge is 0.307 e. The second-order valence-electron chi connectivity index (χ2n) is 4.49. The topological polar surface area (TPSA) is 71.8 Å². The summed E-state index contributed by atoms with van der Waals surface area (Å²) in [6.07, 6.45) is 0.266.